The van der Waals surface area contributed by atoms with Crippen LogP contribution in [0.5, 0.6) is 0 Å². The van der Waals surface area contributed by atoms with Gasteiger partial charge in [0.2, 0.25) is 11.7 Å². The fraction of sp³-hybridized carbons (Fsp3) is 0.0556. The summed E-state index contributed by atoms with van der Waals surface area (Å²) < 4.78 is 5.86. The Labute approximate surface area is 148 Å². The molecular formula is C18H13N7O. The van der Waals surface area contributed by atoms with Gasteiger partial charge in [-0.1, -0.05) is 17.7 Å². The van der Waals surface area contributed by atoms with E-state index in [1.807, 2.05) is 55.5 Å². The van der Waals surface area contributed by atoms with Crippen LogP contribution in [0.25, 0.3) is 28.1 Å². The summed E-state index contributed by atoms with van der Waals surface area (Å²) in [7, 11) is 0. The van der Waals surface area contributed by atoms with E-state index in [4.69, 9.17) is 4.42 Å². The summed E-state index contributed by atoms with van der Waals surface area (Å²) in [6.45, 7) is 2.03. The summed E-state index contributed by atoms with van der Waals surface area (Å²) in [5.74, 6) is 0.791. The number of benzene rings is 2. The van der Waals surface area contributed by atoms with E-state index in [1.165, 1.54) is 11.8 Å². The lowest BCUT2D eigenvalue weighted by atomic mass is 10.1. The van der Waals surface area contributed by atoms with Crippen molar-refractivity contribution in [2.75, 3.05) is 5.32 Å². The van der Waals surface area contributed by atoms with Gasteiger partial charge in [-0.2, -0.15) is 10.5 Å². The van der Waals surface area contributed by atoms with Gasteiger partial charge in [-0.3, -0.25) is 0 Å². The molecule has 0 radical (unpaired) electrons. The molecule has 0 atom stereocenters. The monoisotopic (exact) mass is 343 g/mol. The van der Waals surface area contributed by atoms with Crippen molar-refractivity contribution in [1.82, 2.24) is 25.6 Å². The van der Waals surface area contributed by atoms with Crippen LogP contribution in [0.4, 0.5) is 5.69 Å². The molecule has 0 fully saturated rings. The van der Waals surface area contributed by atoms with Gasteiger partial charge in [0.15, 0.2) is 5.58 Å². The quantitative estimate of drug-likeness (QED) is 0.546. The molecule has 0 amide bonds. The molecule has 0 unspecified atom stereocenters. The van der Waals surface area contributed by atoms with Crippen molar-refractivity contribution in [1.29, 1.82) is 5.26 Å². The number of nitriles is 1. The molecule has 8 heteroatoms. The van der Waals surface area contributed by atoms with Gasteiger partial charge in [0.05, 0.1) is 0 Å². The molecule has 0 aliphatic rings. The van der Waals surface area contributed by atoms with Crippen molar-refractivity contribution in [3.8, 4) is 17.5 Å². The van der Waals surface area contributed by atoms with Crippen LogP contribution in [-0.2, 0) is 0 Å². The Morgan fingerprint density at radius 3 is 2.81 bits per heavy atom. The average Bonchev–Trinajstić information content (AvgIpc) is 3.32. The number of hydrogen-bond donors (Lipinski definition) is 2. The number of H-pyrrole nitrogens is 1. The number of anilines is 1. The van der Waals surface area contributed by atoms with Crippen LogP contribution in [0.2, 0.25) is 0 Å². The molecular weight excluding hydrogens is 330 g/mol. The molecule has 2 aromatic carbocycles. The highest BCUT2D eigenvalue weighted by atomic mass is 16.3. The first kappa shape index (κ1) is 15.5. The highest BCUT2D eigenvalue weighted by Crippen LogP contribution is 2.26. The smallest absolute Gasteiger partial charge is 0.227 e. The van der Waals surface area contributed by atoms with Gasteiger partial charge >= 0.3 is 0 Å². The molecule has 0 saturated heterocycles. The zero-order valence-electron chi connectivity index (χ0n) is 13.8. The van der Waals surface area contributed by atoms with Crippen LogP contribution in [0.3, 0.4) is 0 Å². The number of fused-ring (bicyclic) bond motifs is 1. The minimum absolute atomic E-state index is 0.224. The van der Waals surface area contributed by atoms with E-state index in [0.29, 0.717) is 11.5 Å². The van der Waals surface area contributed by atoms with Gasteiger partial charge in [-0.15, -0.1) is 10.2 Å². The standard InChI is InChI=1S/C18H13N7O/c1-11-2-4-12(5-3-11)18-21-15-7-6-14(8-16(15)26-18)20-10-13(9-19)17-22-24-25-23-17/h2-8,10,20H,1H3,(H,22,23,24,25). The molecule has 0 bridgehead atoms. The number of oxazole rings is 1. The molecule has 2 heterocycles. The predicted octanol–water partition coefficient (Wildman–Crippen LogP) is 3.29. The summed E-state index contributed by atoms with van der Waals surface area (Å²) in [6.07, 6.45) is 1.52. The highest BCUT2D eigenvalue weighted by molar-refractivity contribution is 5.81. The average molecular weight is 343 g/mol. The van der Waals surface area contributed by atoms with E-state index in [9.17, 15) is 5.26 Å². The summed E-state index contributed by atoms with van der Waals surface area (Å²) in [4.78, 5) is 4.51. The molecule has 2 N–H and O–H groups in total. The van der Waals surface area contributed by atoms with Crippen molar-refractivity contribution in [3.63, 3.8) is 0 Å². The van der Waals surface area contributed by atoms with E-state index < -0.39 is 0 Å². The summed E-state index contributed by atoms with van der Waals surface area (Å²) in [5, 5.41) is 25.6. The number of nitrogens with zero attached hydrogens (tertiary/aromatic N) is 5. The number of aromatic nitrogens is 5. The number of rotatable bonds is 4. The zero-order chi connectivity index (χ0) is 17.9. The fourth-order valence-electron chi connectivity index (χ4n) is 2.41. The van der Waals surface area contributed by atoms with Crippen LogP contribution < -0.4 is 5.32 Å². The van der Waals surface area contributed by atoms with E-state index in [2.05, 4.69) is 30.9 Å². The first-order chi connectivity index (χ1) is 12.7. The second-order valence-corrected chi connectivity index (χ2v) is 5.62. The summed E-state index contributed by atoms with van der Waals surface area (Å²) >= 11 is 0. The second-order valence-electron chi connectivity index (χ2n) is 5.62. The normalized spacial score (nSPS) is 11.5. The lowest BCUT2D eigenvalue weighted by molar-refractivity contribution is 0.620. The van der Waals surface area contributed by atoms with Crippen molar-refractivity contribution >= 4 is 22.4 Å². The van der Waals surface area contributed by atoms with Gasteiger partial charge in [-0.25, -0.2) is 4.98 Å². The Bertz CT molecular complexity index is 1120. The number of tetrazole rings is 1. The van der Waals surface area contributed by atoms with Crippen LogP contribution in [0.1, 0.15) is 11.4 Å². The number of hydrogen-bond acceptors (Lipinski definition) is 7. The van der Waals surface area contributed by atoms with Gasteiger partial charge in [0, 0.05) is 23.5 Å². The molecule has 26 heavy (non-hydrogen) atoms. The van der Waals surface area contributed by atoms with E-state index in [1.54, 1.807) is 0 Å². The fourth-order valence-corrected chi connectivity index (χ4v) is 2.41. The maximum atomic E-state index is 9.19. The third kappa shape index (κ3) is 3.01. The van der Waals surface area contributed by atoms with Crippen LogP contribution in [-0.4, -0.2) is 25.6 Å². The van der Waals surface area contributed by atoms with Crippen molar-refractivity contribution in [2.24, 2.45) is 0 Å². The van der Waals surface area contributed by atoms with Crippen LogP contribution in [0.15, 0.2) is 53.1 Å². The van der Waals surface area contributed by atoms with Gasteiger partial charge in [0.25, 0.3) is 0 Å². The molecule has 126 valence electrons. The first-order valence-corrected chi connectivity index (χ1v) is 7.81. The SMILES string of the molecule is Cc1ccc(-c2nc3ccc(NC=C(C#N)c4nn[nH]n4)cc3o2)cc1. The van der Waals surface area contributed by atoms with Gasteiger partial charge in [-0.05, 0) is 36.4 Å². The van der Waals surface area contributed by atoms with E-state index >= 15 is 0 Å². The number of allylic oxidation sites excluding steroid dienone is 1. The molecule has 4 aromatic rings. The molecule has 0 aliphatic carbocycles. The van der Waals surface area contributed by atoms with Gasteiger partial charge in [0.1, 0.15) is 17.2 Å². The molecule has 0 spiro atoms. The Morgan fingerprint density at radius 2 is 2.08 bits per heavy atom. The number of aryl methyl sites for hydroxylation is 1. The zero-order valence-corrected chi connectivity index (χ0v) is 13.8. The summed E-state index contributed by atoms with van der Waals surface area (Å²) in [6, 6.07) is 15.5. The highest BCUT2D eigenvalue weighted by Gasteiger charge is 2.09. The molecule has 0 aliphatic heterocycles. The van der Waals surface area contributed by atoms with Crippen molar-refractivity contribution < 1.29 is 4.42 Å². The van der Waals surface area contributed by atoms with Crippen LogP contribution in [0, 0.1) is 18.3 Å². The number of aromatic amines is 1. The Hall–Kier alpha value is -3.99. The maximum absolute atomic E-state index is 9.19. The minimum Gasteiger partial charge on any atom is -0.436 e. The number of nitrogens with one attached hydrogen (secondary N) is 2. The third-order valence-electron chi connectivity index (χ3n) is 3.78. The van der Waals surface area contributed by atoms with Crippen molar-refractivity contribution in [3.05, 3.63) is 60.1 Å². The van der Waals surface area contributed by atoms with Crippen LogP contribution >= 0.6 is 0 Å². The molecule has 8 nitrogen and oxygen atoms in total. The molecule has 0 saturated carbocycles. The minimum atomic E-state index is 0.224. The Balaban J connectivity index is 1.62. The lowest BCUT2D eigenvalue weighted by Crippen LogP contribution is -1.92. The van der Waals surface area contributed by atoms with E-state index in [-0.39, 0.29) is 11.4 Å². The Morgan fingerprint density at radius 1 is 1.23 bits per heavy atom. The van der Waals surface area contributed by atoms with E-state index in [0.717, 1.165) is 16.8 Å². The summed E-state index contributed by atoms with van der Waals surface area (Å²) in [5.41, 5.74) is 4.52. The molecule has 2 aromatic heterocycles. The maximum Gasteiger partial charge on any atom is 0.227 e. The molecule has 4 rings (SSSR count). The first-order valence-electron chi connectivity index (χ1n) is 7.81. The third-order valence-corrected chi connectivity index (χ3v) is 3.78. The van der Waals surface area contributed by atoms with Crippen molar-refractivity contribution in [2.45, 2.75) is 6.92 Å². The topological polar surface area (TPSA) is 116 Å². The second kappa shape index (κ2) is 6.49. The predicted molar refractivity (Wildman–Crippen MR) is 95.6 cm³/mol. The lowest BCUT2D eigenvalue weighted by Gasteiger charge is -2.00. The Kier molecular flexibility index (Phi) is 3.88. The van der Waals surface area contributed by atoms with Gasteiger partial charge < -0.3 is 9.73 Å². The largest absolute Gasteiger partial charge is 0.436 e.